The lowest BCUT2D eigenvalue weighted by molar-refractivity contribution is -0.122. The van der Waals surface area contributed by atoms with E-state index < -0.39 is 22.0 Å². The predicted octanol–water partition coefficient (Wildman–Crippen LogP) is 2.95. The van der Waals surface area contributed by atoms with Crippen molar-refractivity contribution in [2.45, 2.75) is 23.9 Å². The Morgan fingerprint density at radius 2 is 1.46 bits per heavy atom. The number of nitrogens with two attached hydrogens (primary N) is 1. The van der Waals surface area contributed by atoms with Crippen LogP contribution in [-0.2, 0) is 27.8 Å². The molecule has 1 amide bonds. The Balaban J connectivity index is 1.84. The average Bonchev–Trinajstić information content (AvgIpc) is 2.73. The number of nitrogens with zero attached hydrogens (tertiary/aromatic N) is 1. The van der Waals surface area contributed by atoms with Gasteiger partial charge in [0, 0.05) is 12.1 Å². The fourth-order valence-electron chi connectivity index (χ4n) is 3.67. The second kappa shape index (κ2) is 7.22. The van der Waals surface area contributed by atoms with E-state index in [4.69, 9.17) is 5.73 Å². The molecule has 0 radical (unpaired) electrons. The summed E-state index contributed by atoms with van der Waals surface area (Å²) in [6, 6.07) is 22.8. The minimum Gasteiger partial charge on any atom is -0.368 e. The molecule has 0 fully saturated rings. The first kappa shape index (κ1) is 18.4. The van der Waals surface area contributed by atoms with E-state index in [9.17, 15) is 13.2 Å². The van der Waals surface area contributed by atoms with E-state index in [1.54, 1.807) is 24.3 Å². The molecular formula is C22H20N2O3S. The Morgan fingerprint density at radius 1 is 0.857 bits per heavy atom. The van der Waals surface area contributed by atoms with Crippen LogP contribution in [0.5, 0.6) is 0 Å². The van der Waals surface area contributed by atoms with Gasteiger partial charge in [-0.05, 0) is 29.2 Å². The Kier molecular flexibility index (Phi) is 4.75. The van der Waals surface area contributed by atoms with E-state index in [0.717, 1.165) is 16.7 Å². The highest BCUT2D eigenvalue weighted by Crippen LogP contribution is 2.33. The van der Waals surface area contributed by atoms with E-state index in [2.05, 4.69) is 0 Å². The number of sulfonamides is 1. The van der Waals surface area contributed by atoms with Crippen LogP contribution >= 0.6 is 0 Å². The fraction of sp³-hybridized carbons (Fsp3) is 0.136. The second-order valence-electron chi connectivity index (χ2n) is 6.80. The topological polar surface area (TPSA) is 80.5 Å². The number of rotatable bonds is 4. The maximum atomic E-state index is 13.6. The summed E-state index contributed by atoms with van der Waals surface area (Å²) in [6.07, 6.45) is 0.276. The lowest BCUT2D eigenvalue weighted by Gasteiger charge is -2.34. The third-order valence-corrected chi connectivity index (χ3v) is 7.01. The summed E-state index contributed by atoms with van der Waals surface area (Å²) < 4.78 is 28.5. The summed E-state index contributed by atoms with van der Waals surface area (Å²) in [7, 11) is -3.95. The van der Waals surface area contributed by atoms with Crippen molar-refractivity contribution in [1.29, 1.82) is 0 Å². The zero-order valence-electron chi connectivity index (χ0n) is 15.2. The Bertz CT molecular complexity index is 1130. The van der Waals surface area contributed by atoms with Gasteiger partial charge in [-0.3, -0.25) is 4.79 Å². The van der Waals surface area contributed by atoms with Crippen molar-refractivity contribution < 1.29 is 13.2 Å². The number of carbonyl (C=O) groups excluding carboxylic acids is 1. The number of primary amides is 1. The standard InChI is InChI=1S/C22H20N2O3S/c23-22(25)20-14-17-10-4-5-11-18(17)15-24(20)28(26,27)21-13-7-6-12-19(21)16-8-2-1-3-9-16/h1-13,20H,14-15H2,(H2,23,25)/t20-/m1/s1. The molecule has 4 rings (SSSR count). The number of benzene rings is 3. The zero-order chi connectivity index (χ0) is 19.7. The van der Waals surface area contributed by atoms with Gasteiger partial charge in [0.05, 0.1) is 4.90 Å². The predicted molar refractivity (Wildman–Crippen MR) is 108 cm³/mol. The van der Waals surface area contributed by atoms with Crippen LogP contribution in [0.15, 0.2) is 83.8 Å². The molecule has 5 nitrogen and oxygen atoms in total. The number of hydrogen-bond acceptors (Lipinski definition) is 3. The van der Waals surface area contributed by atoms with E-state index in [0.29, 0.717) is 5.56 Å². The number of hydrogen-bond donors (Lipinski definition) is 1. The molecule has 1 aliphatic heterocycles. The van der Waals surface area contributed by atoms with Gasteiger partial charge in [0.15, 0.2) is 0 Å². The highest BCUT2D eigenvalue weighted by Gasteiger charge is 2.39. The van der Waals surface area contributed by atoms with Crippen LogP contribution in [0.1, 0.15) is 11.1 Å². The molecule has 0 aliphatic carbocycles. The third-order valence-electron chi connectivity index (χ3n) is 5.09. The number of amides is 1. The van der Waals surface area contributed by atoms with Gasteiger partial charge in [-0.2, -0.15) is 4.31 Å². The molecule has 0 bridgehead atoms. The number of fused-ring (bicyclic) bond motifs is 1. The molecule has 3 aromatic rings. The second-order valence-corrected chi connectivity index (χ2v) is 8.66. The zero-order valence-corrected chi connectivity index (χ0v) is 16.0. The third kappa shape index (κ3) is 3.21. The van der Waals surface area contributed by atoms with Gasteiger partial charge in [0.25, 0.3) is 0 Å². The van der Waals surface area contributed by atoms with Crippen LogP contribution in [-0.4, -0.2) is 24.7 Å². The average molecular weight is 392 g/mol. The summed E-state index contributed by atoms with van der Waals surface area (Å²) >= 11 is 0. The maximum Gasteiger partial charge on any atom is 0.244 e. The SMILES string of the molecule is NC(=O)[C@H]1Cc2ccccc2CN1S(=O)(=O)c1ccccc1-c1ccccc1. The van der Waals surface area contributed by atoms with Crippen LogP contribution in [0.3, 0.4) is 0 Å². The maximum absolute atomic E-state index is 13.6. The van der Waals surface area contributed by atoms with Crippen LogP contribution in [0.4, 0.5) is 0 Å². The van der Waals surface area contributed by atoms with Crippen molar-refractivity contribution in [2.75, 3.05) is 0 Å². The first-order valence-corrected chi connectivity index (χ1v) is 10.4. The van der Waals surface area contributed by atoms with E-state index in [1.807, 2.05) is 54.6 Å². The van der Waals surface area contributed by atoms with Gasteiger partial charge in [-0.25, -0.2) is 8.42 Å². The van der Waals surface area contributed by atoms with Gasteiger partial charge in [-0.15, -0.1) is 0 Å². The lowest BCUT2D eigenvalue weighted by atomic mass is 9.95. The van der Waals surface area contributed by atoms with Crippen molar-refractivity contribution in [2.24, 2.45) is 5.73 Å². The first-order valence-electron chi connectivity index (χ1n) is 9.01. The normalized spacial score (nSPS) is 17.1. The molecule has 0 saturated heterocycles. The molecule has 0 unspecified atom stereocenters. The van der Waals surface area contributed by atoms with Crippen LogP contribution in [0.2, 0.25) is 0 Å². The minimum atomic E-state index is -3.95. The monoisotopic (exact) mass is 392 g/mol. The van der Waals surface area contributed by atoms with Crippen molar-refractivity contribution in [3.05, 3.63) is 90.0 Å². The van der Waals surface area contributed by atoms with Crippen molar-refractivity contribution in [3.8, 4) is 11.1 Å². The minimum absolute atomic E-state index is 0.120. The molecule has 0 spiro atoms. The van der Waals surface area contributed by atoms with E-state index >= 15 is 0 Å². The largest absolute Gasteiger partial charge is 0.368 e. The van der Waals surface area contributed by atoms with Gasteiger partial charge < -0.3 is 5.73 Å². The van der Waals surface area contributed by atoms with Gasteiger partial charge in [-0.1, -0.05) is 72.8 Å². The highest BCUT2D eigenvalue weighted by atomic mass is 32.2. The lowest BCUT2D eigenvalue weighted by Crippen LogP contribution is -2.51. The molecule has 2 N–H and O–H groups in total. The van der Waals surface area contributed by atoms with E-state index in [-0.39, 0.29) is 17.9 Å². The summed E-state index contributed by atoms with van der Waals surface area (Å²) in [5, 5.41) is 0. The van der Waals surface area contributed by atoms with Gasteiger partial charge in [0.1, 0.15) is 6.04 Å². The summed E-state index contributed by atoms with van der Waals surface area (Å²) in [5.74, 6) is -0.643. The summed E-state index contributed by atoms with van der Waals surface area (Å²) in [5.41, 5.74) is 8.84. The molecular weight excluding hydrogens is 372 g/mol. The Morgan fingerprint density at radius 3 is 2.18 bits per heavy atom. The van der Waals surface area contributed by atoms with Crippen molar-refractivity contribution in [3.63, 3.8) is 0 Å². The molecule has 28 heavy (non-hydrogen) atoms. The van der Waals surface area contributed by atoms with E-state index in [1.165, 1.54) is 4.31 Å². The highest BCUT2D eigenvalue weighted by molar-refractivity contribution is 7.89. The summed E-state index contributed by atoms with van der Waals surface area (Å²) in [6.45, 7) is 0.120. The molecule has 1 aliphatic rings. The first-order chi connectivity index (χ1) is 13.5. The quantitative estimate of drug-likeness (QED) is 0.741. The smallest absolute Gasteiger partial charge is 0.244 e. The van der Waals surface area contributed by atoms with Crippen molar-refractivity contribution in [1.82, 2.24) is 4.31 Å². The Labute approximate surface area is 164 Å². The summed E-state index contributed by atoms with van der Waals surface area (Å²) in [4.78, 5) is 12.3. The fourth-order valence-corrected chi connectivity index (χ4v) is 5.46. The Hall–Kier alpha value is -2.96. The molecule has 3 aromatic carbocycles. The van der Waals surface area contributed by atoms with Gasteiger partial charge >= 0.3 is 0 Å². The van der Waals surface area contributed by atoms with Gasteiger partial charge in [0.2, 0.25) is 15.9 Å². The van der Waals surface area contributed by atoms with Crippen LogP contribution in [0, 0.1) is 0 Å². The molecule has 1 atom stereocenters. The van der Waals surface area contributed by atoms with Crippen LogP contribution < -0.4 is 5.73 Å². The molecule has 1 heterocycles. The molecule has 6 heteroatoms. The molecule has 0 aromatic heterocycles. The molecule has 0 saturated carbocycles. The number of carbonyl (C=O) groups is 1. The van der Waals surface area contributed by atoms with Crippen molar-refractivity contribution >= 4 is 15.9 Å². The van der Waals surface area contributed by atoms with Crippen LogP contribution in [0.25, 0.3) is 11.1 Å². The molecule has 142 valence electrons.